The Kier molecular flexibility index (Phi) is 1.76. The number of hydrogen-bond donors (Lipinski definition) is 1. The van der Waals surface area contributed by atoms with E-state index in [0.29, 0.717) is 10.6 Å². The van der Waals surface area contributed by atoms with E-state index in [1.54, 1.807) is 12.1 Å². The topological polar surface area (TPSA) is 20.2 Å². The van der Waals surface area contributed by atoms with Gasteiger partial charge in [-0.15, -0.1) is 0 Å². The first-order chi connectivity index (χ1) is 7.11. The lowest BCUT2D eigenvalue weighted by molar-refractivity contribution is -0.169. The van der Waals surface area contributed by atoms with Gasteiger partial charge in [0.15, 0.2) is 0 Å². The van der Waals surface area contributed by atoms with Crippen LogP contribution in [0.1, 0.15) is 24.8 Å². The van der Waals surface area contributed by atoms with Crippen LogP contribution in [0.3, 0.4) is 0 Å². The number of aliphatic hydroxyl groups is 1. The Balaban J connectivity index is 1.97. The molecule has 3 aliphatic carbocycles. The van der Waals surface area contributed by atoms with Crippen LogP contribution in [0.2, 0.25) is 5.02 Å². The second kappa shape index (κ2) is 2.74. The maximum atomic E-state index is 13.7. The van der Waals surface area contributed by atoms with Gasteiger partial charge in [0.1, 0.15) is 5.82 Å². The summed E-state index contributed by atoms with van der Waals surface area (Å²) in [7, 11) is 0. The lowest BCUT2D eigenvalue weighted by atomic mass is 9.34. The smallest absolute Gasteiger partial charge is 0.128 e. The van der Waals surface area contributed by atoms with Gasteiger partial charge in [-0.2, -0.15) is 0 Å². The van der Waals surface area contributed by atoms with Gasteiger partial charge in [-0.3, -0.25) is 0 Å². The molecule has 0 aliphatic heterocycles. The Morgan fingerprint density at radius 2 is 2.00 bits per heavy atom. The molecule has 1 N–H and O–H groups in total. The number of hydrogen-bond acceptors (Lipinski definition) is 1. The van der Waals surface area contributed by atoms with Crippen LogP contribution in [0.25, 0.3) is 0 Å². The van der Waals surface area contributed by atoms with E-state index in [1.165, 1.54) is 6.07 Å². The van der Waals surface area contributed by atoms with Crippen LogP contribution < -0.4 is 0 Å². The van der Waals surface area contributed by atoms with Crippen LogP contribution in [0.4, 0.5) is 4.39 Å². The van der Waals surface area contributed by atoms with Crippen LogP contribution >= 0.6 is 11.6 Å². The summed E-state index contributed by atoms with van der Waals surface area (Å²) in [6.45, 7) is 0.223. The van der Waals surface area contributed by atoms with Crippen molar-refractivity contribution in [2.75, 3.05) is 6.61 Å². The first kappa shape index (κ1) is 9.61. The third-order valence-electron chi connectivity index (χ3n) is 3.97. The predicted octanol–water partition coefficient (Wildman–Crippen LogP) is 2.89. The lowest BCUT2D eigenvalue weighted by Gasteiger charge is -2.70. The van der Waals surface area contributed by atoms with Crippen LogP contribution in [-0.4, -0.2) is 11.7 Å². The highest BCUT2D eigenvalue weighted by Crippen LogP contribution is 2.74. The zero-order valence-electron chi connectivity index (χ0n) is 8.26. The third kappa shape index (κ3) is 1.07. The van der Waals surface area contributed by atoms with Gasteiger partial charge in [-0.1, -0.05) is 17.7 Å². The summed E-state index contributed by atoms with van der Waals surface area (Å²) in [6.07, 6.45) is 2.66. The summed E-state index contributed by atoms with van der Waals surface area (Å²) in [5.74, 6) is -0.200. The summed E-state index contributed by atoms with van der Waals surface area (Å²) < 4.78 is 13.7. The van der Waals surface area contributed by atoms with Gasteiger partial charge in [0.05, 0.1) is 0 Å². The molecular weight excluding hydrogens is 215 g/mol. The average Bonchev–Trinajstić information content (AvgIpc) is 2.06. The zero-order valence-corrected chi connectivity index (χ0v) is 9.02. The molecule has 15 heavy (non-hydrogen) atoms. The Hall–Kier alpha value is -0.600. The van der Waals surface area contributed by atoms with E-state index < -0.39 is 0 Å². The number of halogens is 2. The van der Waals surface area contributed by atoms with E-state index >= 15 is 0 Å². The lowest BCUT2D eigenvalue weighted by Crippen LogP contribution is -2.66. The molecule has 4 rings (SSSR count). The van der Waals surface area contributed by atoms with E-state index in [-0.39, 0.29) is 23.3 Å². The summed E-state index contributed by atoms with van der Waals surface area (Å²) in [5, 5.41) is 9.69. The molecule has 0 aromatic heterocycles. The molecule has 0 saturated heterocycles. The molecule has 3 aliphatic rings. The molecule has 80 valence electrons. The minimum Gasteiger partial charge on any atom is -0.396 e. The Morgan fingerprint density at radius 1 is 1.33 bits per heavy atom. The highest BCUT2D eigenvalue weighted by Gasteiger charge is 2.68. The largest absolute Gasteiger partial charge is 0.396 e. The summed E-state index contributed by atoms with van der Waals surface area (Å²) in [4.78, 5) is 0. The maximum absolute atomic E-state index is 13.7. The van der Waals surface area contributed by atoms with Crippen molar-refractivity contribution in [1.29, 1.82) is 0 Å². The van der Waals surface area contributed by atoms with Gasteiger partial charge < -0.3 is 5.11 Å². The van der Waals surface area contributed by atoms with Crippen molar-refractivity contribution in [3.63, 3.8) is 0 Å². The van der Waals surface area contributed by atoms with Gasteiger partial charge in [0, 0.05) is 22.6 Å². The van der Waals surface area contributed by atoms with E-state index in [4.69, 9.17) is 16.7 Å². The monoisotopic (exact) mass is 226 g/mol. The molecule has 0 heterocycles. The fourth-order valence-corrected chi connectivity index (χ4v) is 3.80. The molecule has 3 heteroatoms. The van der Waals surface area contributed by atoms with Gasteiger partial charge >= 0.3 is 0 Å². The zero-order chi connectivity index (χ0) is 10.7. The summed E-state index contributed by atoms with van der Waals surface area (Å²) in [6, 6.07) is 4.84. The maximum Gasteiger partial charge on any atom is 0.128 e. The highest BCUT2D eigenvalue weighted by atomic mass is 35.5. The van der Waals surface area contributed by atoms with E-state index in [1.807, 2.05) is 0 Å². The minimum absolute atomic E-state index is 0.0643. The Labute approximate surface area is 92.9 Å². The molecule has 0 atom stereocenters. The molecule has 0 spiro atoms. The minimum atomic E-state index is -0.200. The fraction of sp³-hybridized carbons (Fsp3) is 0.500. The van der Waals surface area contributed by atoms with E-state index in [9.17, 15) is 4.39 Å². The van der Waals surface area contributed by atoms with Crippen LogP contribution in [0.15, 0.2) is 18.2 Å². The van der Waals surface area contributed by atoms with Crippen molar-refractivity contribution in [2.24, 2.45) is 5.41 Å². The molecule has 1 nitrogen and oxygen atoms in total. The molecule has 0 radical (unpaired) electrons. The van der Waals surface area contributed by atoms with E-state index in [0.717, 1.165) is 19.3 Å². The molecule has 3 fully saturated rings. The van der Waals surface area contributed by atoms with Gasteiger partial charge in [0.25, 0.3) is 0 Å². The predicted molar refractivity (Wildman–Crippen MR) is 56.5 cm³/mol. The van der Waals surface area contributed by atoms with Crippen molar-refractivity contribution in [2.45, 2.75) is 24.7 Å². The number of benzene rings is 1. The highest BCUT2D eigenvalue weighted by molar-refractivity contribution is 6.31. The molecule has 3 saturated carbocycles. The normalized spacial score (nSPS) is 37.0. The van der Waals surface area contributed by atoms with Crippen molar-refractivity contribution in [3.05, 3.63) is 34.6 Å². The van der Waals surface area contributed by atoms with Gasteiger partial charge in [0.2, 0.25) is 0 Å². The molecule has 0 unspecified atom stereocenters. The van der Waals surface area contributed by atoms with Gasteiger partial charge in [-0.05, 0) is 36.8 Å². The quantitative estimate of drug-likeness (QED) is 0.822. The van der Waals surface area contributed by atoms with Crippen LogP contribution in [-0.2, 0) is 5.41 Å². The van der Waals surface area contributed by atoms with Gasteiger partial charge in [-0.25, -0.2) is 4.39 Å². The second-order valence-electron chi connectivity index (χ2n) is 5.07. The SMILES string of the molecule is OCC12CC(c3c(F)cccc3Cl)(C1)C2. The molecule has 1 aromatic rings. The second-order valence-corrected chi connectivity index (χ2v) is 5.47. The molecule has 2 bridgehead atoms. The Bertz CT molecular complexity index is 390. The van der Waals surface area contributed by atoms with Crippen LogP contribution in [0.5, 0.6) is 0 Å². The standard InChI is InChI=1S/C12H12ClFO/c13-8-2-1-3-9(14)10(8)12-4-11(5-12,6-12)7-15/h1-3,15H,4-7H2. The molecule has 1 aromatic carbocycles. The van der Waals surface area contributed by atoms with Crippen LogP contribution in [0, 0.1) is 11.2 Å². The third-order valence-corrected chi connectivity index (χ3v) is 4.28. The van der Waals surface area contributed by atoms with Crippen molar-refractivity contribution >= 4 is 11.6 Å². The average molecular weight is 227 g/mol. The first-order valence-corrected chi connectivity index (χ1v) is 5.54. The number of rotatable bonds is 2. The van der Waals surface area contributed by atoms with Crippen molar-refractivity contribution in [1.82, 2.24) is 0 Å². The van der Waals surface area contributed by atoms with Crippen molar-refractivity contribution < 1.29 is 9.50 Å². The Morgan fingerprint density at radius 3 is 2.53 bits per heavy atom. The van der Waals surface area contributed by atoms with Crippen molar-refractivity contribution in [3.8, 4) is 0 Å². The summed E-state index contributed by atoms with van der Waals surface area (Å²) in [5.41, 5.74) is 0.693. The molecular formula is C12H12ClFO. The summed E-state index contributed by atoms with van der Waals surface area (Å²) >= 11 is 6.04. The first-order valence-electron chi connectivity index (χ1n) is 5.16. The number of aliphatic hydroxyl groups excluding tert-OH is 1. The van der Waals surface area contributed by atoms with E-state index in [2.05, 4.69) is 0 Å². The fourth-order valence-electron chi connectivity index (χ4n) is 3.44. The molecule has 0 amide bonds.